The van der Waals surface area contributed by atoms with E-state index in [1.165, 1.54) is 0 Å². The van der Waals surface area contributed by atoms with Crippen LogP contribution in [0.5, 0.6) is 0 Å². The van der Waals surface area contributed by atoms with Gasteiger partial charge in [0.25, 0.3) is 0 Å². The van der Waals surface area contributed by atoms with Crippen LogP contribution in [0.3, 0.4) is 0 Å². The van der Waals surface area contributed by atoms with Crippen molar-refractivity contribution in [1.82, 2.24) is 0 Å². The van der Waals surface area contributed by atoms with Crippen LogP contribution < -0.4 is 4.90 Å². The van der Waals surface area contributed by atoms with E-state index in [9.17, 15) is 4.79 Å². The molecule has 3 heteroatoms. The molecule has 2 rings (SSSR count). The van der Waals surface area contributed by atoms with E-state index in [-0.39, 0.29) is 5.91 Å². The average molecular weight is 228 g/mol. The third-order valence-corrected chi connectivity index (χ3v) is 3.56. The fourth-order valence-corrected chi connectivity index (χ4v) is 2.11. The average Bonchev–Trinajstić information content (AvgIpc) is 2.28. The fourth-order valence-electron chi connectivity index (χ4n) is 2.11. The molecule has 1 aliphatic carbocycles. The lowest BCUT2D eigenvalue weighted by Gasteiger charge is -2.36. The van der Waals surface area contributed by atoms with Crippen molar-refractivity contribution < 1.29 is 4.79 Å². The molecule has 3 nitrogen and oxygen atoms in total. The molecule has 88 valence electrons. The highest BCUT2D eigenvalue weighted by Gasteiger charge is 2.46. The number of benzene rings is 1. The van der Waals surface area contributed by atoms with E-state index in [1.54, 1.807) is 11.9 Å². The van der Waals surface area contributed by atoms with Crippen LogP contribution in [0.1, 0.15) is 24.8 Å². The summed E-state index contributed by atoms with van der Waals surface area (Å²) in [7, 11) is 1.74. The smallest absolute Gasteiger partial charge is 0.247 e. The molecule has 0 saturated heterocycles. The molecule has 17 heavy (non-hydrogen) atoms. The first-order valence-electron chi connectivity index (χ1n) is 5.85. The first-order chi connectivity index (χ1) is 8.09. The lowest BCUT2D eigenvalue weighted by Crippen LogP contribution is -2.45. The molecule has 0 bridgehead atoms. The number of aryl methyl sites for hydroxylation is 1. The molecular weight excluding hydrogens is 212 g/mol. The van der Waals surface area contributed by atoms with Crippen molar-refractivity contribution in [1.29, 1.82) is 5.26 Å². The lowest BCUT2D eigenvalue weighted by atomic mass is 9.69. The summed E-state index contributed by atoms with van der Waals surface area (Å²) in [6.45, 7) is 2.01. The number of nitriles is 1. The number of nitrogens with zero attached hydrogens (tertiary/aromatic N) is 2. The Bertz CT molecular complexity index is 466. The van der Waals surface area contributed by atoms with Gasteiger partial charge in [0.1, 0.15) is 5.41 Å². The Kier molecular flexibility index (Phi) is 2.89. The van der Waals surface area contributed by atoms with Gasteiger partial charge in [-0.15, -0.1) is 0 Å². The van der Waals surface area contributed by atoms with Gasteiger partial charge < -0.3 is 4.90 Å². The van der Waals surface area contributed by atoms with Crippen LogP contribution in [0, 0.1) is 23.7 Å². The van der Waals surface area contributed by atoms with Crippen molar-refractivity contribution in [2.45, 2.75) is 26.2 Å². The predicted octanol–water partition coefficient (Wildman–Crippen LogP) is 2.65. The maximum Gasteiger partial charge on any atom is 0.247 e. The summed E-state index contributed by atoms with van der Waals surface area (Å²) in [5.74, 6) is -0.0740. The largest absolute Gasteiger partial charge is 0.314 e. The molecule has 0 unspecified atom stereocenters. The van der Waals surface area contributed by atoms with Crippen molar-refractivity contribution in [3.8, 4) is 6.07 Å². The lowest BCUT2D eigenvalue weighted by molar-refractivity contribution is -0.128. The Morgan fingerprint density at radius 2 is 1.94 bits per heavy atom. The standard InChI is InChI=1S/C14H16N2O/c1-11-4-6-12(7-5-11)16(2)13(17)14(10-15)8-3-9-14/h4-7H,3,8-9H2,1-2H3. The van der Waals surface area contributed by atoms with Gasteiger partial charge in [0.05, 0.1) is 6.07 Å². The van der Waals surface area contributed by atoms with Crippen LogP contribution in [-0.4, -0.2) is 13.0 Å². The summed E-state index contributed by atoms with van der Waals surface area (Å²) in [6, 6.07) is 9.96. The quantitative estimate of drug-likeness (QED) is 0.781. The third-order valence-electron chi connectivity index (χ3n) is 3.56. The van der Waals surface area contributed by atoms with E-state index in [0.717, 1.165) is 17.7 Å². The molecule has 1 aliphatic rings. The molecule has 0 radical (unpaired) electrons. The molecule has 0 atom stereocenters. The monoisotopic (exact) mass is 228 g/mol. The van der Waals surface area contributed by atoms with Gasteiger partial charge in [-0.1, -0.05) is 17.7 Å². The van der Waals surface area contributed by atoms with E-state index in [2.05, 4.69) is 6.07 Å². The van der Waals surface area contributed by atoms with Crippen LogP contribution in [0.15, 0.2) is 24.3 Å². The van der Waals surface area contributed by atoms with Crippen LogP contribution in [-0.2, 0) is 4.79 Å². The van der Waals surface area contributed by atoms with E-state index in [4.69, 9.17) is 5.26 Å². The number of hydrogen-bond donors (Lipinski definition) is 0. The van der Waals surface area contributed by atoms with Gasteiger partial charge in [-0.25, -0.2) is 0 Å². The molecule has 1 aromatic carbocycles. The minimum Gasteiger partial charge on any atom is -0.314 e. The summed E-state index contributed by atoms with van der Waals surface area (Å²) in [5, 5.41) is 9.15. The molecule has 0 spiro atoms. The van der Waals surface area contributed by atoms with E-state index >= 15 is 0 Å². The summed E-state index contributed by atoms with van der Waals surface area (Å²) in [5.41, 5.74) is 1.25. The number of hydrogen-bond acceptors (Lipinski definition) is 2. The molecule has 1 fully saturated rings. The van der Waals surface area contributed by atoms with Crippen LogP contribution >= 0.6 is 0 Å². The van der Waals surface area contributed by atoms with Crippen LogP contribution in [0.4, 0.5) is 5.69 Å². The molecule has 1 amide bonds. The highest BCUT2D eigenvalue weighted by Crippen LogP contribution is 2.42. The fraction of sp³-hybridized carbons (Fsp3) is 0.429. The Morgan fingerprint density at radius 3 is 2.35 bits per heavy atom. The second-order valence-corrected chi connectivity index (χ2v) is 4.75. The van der Waals surface area contributed by atoms with Gasteiger partial charge in [0.2, 0.25) is 5.91 Å². The number of amides is 1. The Balaban J connectivity index is 2.20. The first kappa shape index (κ1) is 11.7. The van der Waals surface area contributed by atoms with Crippen LogP contribution in [0.25, 0.3) is 0 Å². The Morgan fingerprint density at radius 1 is 1.35 bits per heavy atom. The Hall–Kier alpha value is -1.82. The molecule has 0 aliphatic heterocycles. The molecular formula is C14H16N2O. The van der Waals surface area contributed by atoms with E-state index < -0.39 is 5.41 Å². The SMILES string of the molecule is Cc1ccc(N(C)C(=O)C2(C#N)CCC2)cc1. The maximum atomic E-state index is 12.3. The van der Waals surface area contributed by atoms with Crippen molar-refractivity contribution in [2.24, 2.45) is 5.41 Å². The van der Waals surface area contributed by atoms with E-state index in [1.807, 2.05) is 31.2 Å². The van der Waals surface area contributed by atoms with Gasteiger partial charge >= 0.3 is 0 Å². The summed E-state index contributed by atoms with van der Waals surface area (Å²) in [6.07, 6.45) is 2.36. The van der Waals surface area contributed by atoms with Gasteiger partial charge in [0, 0.05) is 12.7 Å². The molecule has 0 N–H and O–H groups in total. The zero-order valence-electron chi connectivity index (χ0n) is 10.2. The number of rotatable bonds is 2. The van der Waals surface area contributed by atoms with Gasteiger partial charge in [0.15, 0.2) is 0 Å². The minimum absolute atomic E-state index is 0.0740. The predicted molar refractivity (Wildman–Crippen MR) is 66.5 cm³/mol. The minimum atomic E-state index is -0.764. The second-order valence-electron chi connectivity index (χ2n) is 4.75. The molecule has 0 aromatic heterocycles. The Labute approximate surface area is 102 Å². The zero-order chi connectivity index (χ0) is 12.5. The molecule has 1 saturated carbocycles. The van der Waals surface area contributed by atoms with Crippen molar-refractivity contribution in [3.05, 3.63) is 29.8 Å². The van der Waals surface area contributed by atoms with Crippen molar-refractivity contribution in [2.75, 3.05) is 11.9 Å². The van der Waals surface area contributed by atoms with Gasteiger partial charge in [-0.05, 0) is 38.3 Å². The maximum absolute atomic E-state index is 12.3. The summed E-state index contributed by atoms with van der Waals surface area (Å²) < 4.78 is 0. The topological polar surface area (TPSA) is 44.1 Å². The summed E-state index contributed by atoms with van der Waals surface area (Å²) in [4.78, 5) is 13.9. The second kappa shape index (κ2) is 4.21. The zero-order valence-corrected chi connectivity index (χ0v) is 10.2. The van der Waals surface area contributed by atoms with Crippen molar-refractivity contribution in [3.63, 3.8) is 0 Å². The van der Waals surface area contributed by atoms with Gasteiger partial charge in [-0.3, -0.25) is 4.79 Å². The number of carbonyl (C=O) groups is 1. The number of carbonyl (C=O) groups excluding carboxylic acids is 1. The summed E-state index contributed by atoms with van der Waals surface area (Å²) >= 11 is 0. The highest BCUT2D eigenvalue weighted by molar-refractivity contribution is 5.99. The number of anilines is 1. The molecule has 0 heterocycles. The van der Waals surface area contributed by atoms with Gasteiger partial charge in [-0.2, -0.15) is 5.26 Å². The van der Waals surface area contributed by atoms with Crippen molar-refractivity contribution >= 4 is 11.6 Å². The normalized spacial score (nSPS) is 16.8. The first-order valence-corrected chi connectivity index (χ1v) is 5.85. The van der Waals surface area contributed by atoms with Crippen LogP contribution in [0.2, 0.25) is 0 Å². The third kappa shape index (κ3) is 1.91. The van der Waals surface area contributed by atoms with E-state index in [0.29, 0.717) is 12.8 Å². The highest BCUT2D eigenvalue weighted by atomic mass is 16.2. The molecule has 1 aromatic rings.